The number of nitrogens with zero attached hydrogens (tertiary/aromatic N) is 1. The normalized spacial score (nSPS) is 25.3. The van der Waals surface area contributed by atoms with Gasteiger partial charge >= 0.3 is 6.03 Å². The summed E-state index contributed by atoms with van der Waals surface area (Å²) < 4.78 is 0. The molecular weight excluding hydrogens is 334 g/mol. The van der Waals surface area contributed by atoms with Crippen LogP contribution in [0.25, 0.3) is 0 Å². The number of hydrogen-bond acceptors (Lipinski definition) is 4. The molecule has 2 atom stereocenters. The summed E-state index contributed by atoms with van der Waals surface area (Å²) in [6, 6.07) is 6.02. The highest BCUT2D eigenvalue weighted by Crippen LogP contribution is 2.38. The highest BCUT2D eigenvalue weighted by molar-refractivity contribution is 6.10. The first-order chi connectivity index (χ1) is 12.3. The molecule has 1 spiro atoms. The zero-order chi connectivity index (χ0) is 18.9. The fourth-order valence-electron chi connectivity index (χ4n) is 3.80. The van der Waals surface area contributed by atoms with Crippen LogP contribution >= 0.6 is 0 Å². The Balaban J connectivity index is 1.69. The maximum Gasteiger partial charge on any atom is 0.325 e. The summed E-state index contributed by atoms with van der Waals surface area (Å²) >= 11 is 0. The Morgan fingerprint density at radius 3 is 2.77 bits per heavy atom. The van der Waals surface area contributed by atoms with Crippen LogP contribution in [0.2, 0.25) is 0 Å². The van der Waals surface area contributed by atoms with Crippen LogP contribution < -0.4 is 10.6 Å². The molecule has 26 heavy (non-hydrogen) atoms. The number of Topliss-reactive ketones (excluding diaryl/α,β-unsaturated/α-hetero) is 1. The minimum Gasteiger partial charge on any atom is -0.325 e. The van der Waals surface area contributed by atoms with Gasteiger partial charge in [0.1, 0.15) is 12.1 Å². The quantitative estimate of drug-likeness (QED) is 0.638. The molecular formula is C19H23N3O4. The molecule has 2 N–H and O–H groups in total. The van der Waals surface area contributed by atoms with Crippen molar-refractivity contribution < 1.29 is 19.2 Å². The molecule has 0 aromatic heterocycles. The van der Waals surface area contributed by atoms with Crippen LogP contribution in [0.3, 0.4) is 0 Å². The molecule has 0 unspecified atom stereocenters. The van der Waals surface area contributed by atoms with Crippen molar-refractivity contribution in [2.45, 2.75) is 45.1 Å². The summed E-state index contributed by atoms with van der Waals surface area (Å²) in [5.41, 5.74) is 0.0627. The van der Waals surface area contributed by atoms with E-state index in [9.17, 15) is 19.2 Å². The molecule has 4 amide bonds. The zero-order valence-electron chi connectivity index (χ0n) is 15.0. The van der Waals surface area contributed by atoms with Gasteiger partial charge in [0.15, 0.2) is 5.78 Å². The Kier molecular flexibility index (Phi) is 4.80. The minimum absolute atomic E-state index is 0.0491. The van der Waals surface area contributed by atoms with Gasteiger partial charge in [0.25, 0.3) is 5.91 Å². The van der Waals surface area contributed by atoms with Crippen LogP contribution in [0.1, 0.15) is 49.9 Å². The molecule has 1 saturated heterocycles. The third-order valence-electron chi connectivity index (χ3n) is 5.36. The van der Waals surface area contributed by atoms with Gasteiger partial charge in [-0.1, -0.05) is 31.9 Å². The van der Waals surface area contributed by atoms with Gasteiger partial charge in [0.2, 0.25) is 5.91 Å². The summed E-state index contributed by atoms with van der Waals surface area (Å²) in [6.07, 6.45) is 3.41. The van der Waals surface area contributed by atoms with Crippen LogP contribution in [0.4, 0.5) is 10.5 Å². The van der Waals surface area contributed by atoms with Crippen LogP contribution in [-0.2, 0) is 9.59 Å². The van der Waals surface area contributed by atoms with Crippen molar-refractivity contribution in [1.82, 2.24) is 10.2 Å². The topological polar surface area (TPSA) is 95.6 Å². The second kappa shape index (κ2) is 6.90. The fourth-order valence-corrected chi connectivity index (χ4v) is 3.80. The smallest absolute Gasteiger partial charge is 0.325 e. The number of carbonyl (C=O) groups is 4. The first-order valence-corrected chi connectivity index (χ1v) is 8.88. The lowest BCUT2D eigenvalue weighted by atomic mass is 9.73. The molecule has 0 radical (unpaired) electrons. The van der Waals surface area contributed by atoms with Crippen LogP contribution in [-0.4, -0.2) is 40.6 Å². The van der Waals surface area contributed by atoms with E-state index < -0.39 is 17.5 Å². The predicted octanol–water partition coefficient (Wildman–Crippen LogP) is 2.33. The molecule has 1 saturated carbocycles. The van der Waals surface area contributed by atoms with Gasteiger partial charge in [-0.2, -0.15) is 0 Å². The molecule has 1 aliphatic heterocycles. The van der Waals surface area contributed by atoms with Gasteiger partial charge in [0.05, 0.1) is 0 Å². The Morgan fingerprint density at radius 2 is 2.08 bits per heavy atom. The maximum absolute atomic E-state index is 12.9. The summed E-state index contributed by atoms with van der Waals surface area (Å²) in [4.78, 5) is 49.9. The number of carbonyl (C=O) groups excluding carboxylic acids is 4. The minimum atomic E-state index is -0.871. The van der Waals surface area contributed by atoms with Gasteiger partial charge in [-0.3, -0.25) is 19.3 Å². The predicted molar refractivity (Wildman–Crippen MR) is 95.7 cm³/mol. The molecule has 1 aliphatic carbocycles. The molecule has 3 rings (SSSR count). The number of nitrogens with one attached hydrogen (secondary N) is 2. The molecule has 1 heterocycles. The highest BCUT2D eigenvalue weighted by atomic mass is 16.2. The van der Waals surface area contributed by atoms with E-state index in [0.29, 0.717) is 17.7 Å². The van der Waals surface area contributed by atoms with Crippen molar-refractivity contribution in [1.29, 1.82) is 0 Å². The second-order valence-electron chi connectivity index (χ2n) is 7.12. The highest BCUT2D eigenvalue weighted by Gasteiger charge is 2.55. The number of amides is 4. The summed E-state index contributed by atoms with van der Waals surface area (Å²) in [7, 11) is 0. The van der Waals surface area contributed by atoms with Crippen molar-refractivity contribution in [2.24, 2.45) is 5.92 Å². The molecule has 7 heteroatoms. The Bertz CT molecular complexity index is 776. The summed E-state index contributed by atoms with van der Waals surface area (Å²) in [6.45, 7) is 3.07. The number of ketones is 1. The molecule has 0 bridgehead atoms. The van der Waals surface area contributed by atoms with E-state index in [1.807, 2.05) is 6.92 Å². The van der Waals surface area contributed by atoms with Gasteiger partial charge < -0.3 is 10.6 Å². The molecule has 1 aromatic rings. The van der Waals surface area contributed by atoms with E-state index >= 15 is 0 Å². The lowest BCUT2D eigenvalue weighted by Crippen LogP contribution is -2.54. The number of urea groups is 1. The van der Waals surface area contributed by atoms with E-state index in [2.05, 4.69) is 10.6 Å². The van der Waals surface area contributed by atoms with Crippen molar-refractivity contribution in [3.05, 3.63) is 29.8 Å². The summed E-state index contributed by atoms with van der Waals surface area (Å²) in [5, 5.41) is 5.47. The van der Waals surface area contributed by atoms with Crippen LogP contribution in [0, 0.1) is 5.92 Å². The number of rotatable bonds is 4. The van der Waals surface area contributed by atoms with E-state index in [-0.39, 0.29) is 24.2 Å². The van der Waals surface area contributed by atoms with Gasteiger partial charge in [-0.15, -0.1) is 0 Å². The van der Waals surface area contributed by atoms with Crippen LogP contribution in [0.5, 0.6) is 0 Å². The lowest BCUT2D eigenvalue weighted by molar-refractivity contribution is -0.136. The average Bonchev–Trinajstić information content (AvgIpc) is 2.83. The number of imide groups is 1. The Hall–Kier alpha value is -2.70. The first kappa shape index (κ1) is 18.1. The molecule has 7 nitrogen and oxygen atoms in total. The second-order valence-corrected chi connectivity index (χ2v) is 7.12. The monoisotopic (exact) mass is 357 g/mol. The average molecular weight is 357 g/mol. The molecule has 2 aliphatic rings. The van der Waals surface area contributed by atoms with Crippen molar-refractivity contribution in [2.75, 3.05) is 11.9 Å². The number of anilines is 1. The number of hydrogen-bond donors (Lipinski definition) is 2. The SMILES string of the molecule is CC(=O)c1cccc(NC(=O)CN2C(=O)N[C@@]3(CCCC[C@H]3C)C2=O)c1. The maximum atomic E-state index is 12.9. The molecule has 1 aromatic carbocycles. The third kappa shape index (κ3) is 3.21. The van der Waals surface area contributed by atoms with Crippen LogP contribution in [0.15, 0.2) is 24.3 Å². The Morgan fingerprint density at radius 1 is 1.31 bits per heavy atom. The van der Waals surface area contributed by atoms with E-state index in [1.165, 1.54) is 6.92 Å². The zero-order valence-corrected chi connectivity index (χ0v) is 15.0. The van der Waals surface area contributed by atoms with Gasteiger partial charge in [-0.05, 0) is 37.8 Å². The largest absolute Gasteiger partial charge is 0.325 e. The number of benzene rings is 1. The van der Waals surface area contributed by atoms with E-state index in [1.54, 1.807) is 24.3 Å². The molecule has 2 fully saturated rings. The fraction of sp³-hybridized carbons (Fsp3) is 0.474. The first-order valence-electron chi connectivity index (χ1n) is 8.88. The molecule has 138 valence electrons. The standard InChI is InChI=1S/C19H23N3O4/c1-12-6-3-4-9-19(12)17(25)22(18(26)21-19)11-16(24)20-15-8-5-7-14(10-15)13(2)23/h5,7-8,10,12H,3-4,6,9,11H2,1-2H3,(H,20,24)(H,21,26)/t12-,19-/m1/s1. The van der Waals surface area contributed by atoms with Crippen molar-refractivity contribution in [3.8, 4) is 0 Å². The van der Waals surface area contributed by atoms with Gasteiger partial charge in [-0.25, -0.2) is 4.79 Å². The summed E-state index contributed by atoms with van der Waals surface area (Å²) in [5.74, 6) is -0.853. The van der Waals surface area contributed by atoms with Crippen molar-refractivity contribution in [3.63, 3.8) is 0 Å². The Labute approximate surface area is 152 Å². The van der Waals surface area contributed by atoms with E-state index in [4.69, 9.17) is 0 Å². The third-order valence-corrected chi connectivity index (χ3v) is 5.36. The van der Waals surface area contributed by atoms with E-state index in [0.717, 1.165) is 24.2 Å². The lowest BCUT2D eigenvalue weighted by Gasteiger charge is -2.36. The van der Waals surface area contributed by atoms with Gasteiger partial charge in [0, 0.05) is 11.3 Å². The van der Waals surface area contributed by atoms with Crippen molar-refractivity contribution >= 4 is 29.3 Å².